The Bertz CT molecular complexity index is 1050. The lowest BCUT2D eigenvalue weighted by atomic mass is 10.1. The number of carbonyl (C=O) groups is 2. The Morgan fingerprint density at radius 2 is 1.90 bits per heavy atom. The number of nitriles is 1. The van der Waals surface area contributed by atoms with Crippen molar-refractivity contribution < 1.29 is 14.3 Å². The summed E-state index contributed by atoms with van der Waals surface area (Å²) < 4.78 is 5.72. The number of carbonyl (C=O) groups excluding carboxylic acids is 2. The van der Waals surface area contributed by atoms with Crippen molar-refractivity contribution in [2.45, 2.75) is 6.61 Å². The molecular formula is C21H15Cl2N3O3. The van der Waals surface area contributed by atoms with E-state index in [0.717, 1.165) is 4.90 Å². The van der Waals surface area contributed by atoms with Crippen LogP contribution in [0, 0.1) is 11.3 Å². The highest BCUT2D eigenvalue weighted by molar-refractivity contribution is 6.37. The summed E-state index contributed by atoms with van der Waals surface area (Å²) in [5.41, 5.74) is 1.84. The summed E-state index contributed by atoms with van der Waals surface area (Å²) >= 11 is 12.6. The van der Waals surface area contributed by atoms with E-state index < -0.39 is 11.9 Å². The number of amides is 3. The van der Waals surface area contributed by atoms with E-state index in [-0.39, 0.29) is 34.6 Å². The minimum Gasteiger partial charge on any atom is -0.486 e. The van der Waals surface area contributed by atoms with E-state index in [1.165, 1.54) is 12.2 Å². The van der Waals surface area contributed by atoms with Crippen molar-refractivity contribution in [1.29, 1.82) is 5.26 Å². The van der Waals surface area contributed by atoms with Crippen LogP contribution in [-0.2, 0) is 11.4 Å². The molecule has 2 aromatic rings. The van der Waals surface area contributed by atoms with Crippen molar-refractivity contribution in [2.75, 3.05) is 6.54 Å². The van der Waals surface area contributed by atoms with Gasteiger partial charge in [-0.05, 0) is 29.8 Å². The summed E-state index contributed by atoms with van der Waals surface area (Å²) in [6, 6.07) is 11.8. The molecule has 29 heavy (non-hydrogen) atoms. The molecule has 1 heterocycles. The van der Waals surface area contributed by atoms with Crippen LogP contribution in [-0.4, -0.2) is 23.4 Å². The second-order valence-corrected chi connectivity index (χ2v) is 6.88. The molecule has 0 bridgehead atoms. The molecule has 2 aromatic carbocycles. The van der Waals surface area contributed by atoms with Gasteiger partial charge < -0.3 is 10.1 Å². The van der Waals surface area contributed by atoms with E-state index in [4.69, 9.17) is 33.2 Å². The summed E-state index contributed by atoms with van der Waals surface area (Å²) in [5.74, 6) is -0.200. The average molecular weight is 428 g/mol. The minimum absolute atomic E-state index is 0.112. The lowest BCUT2D eigenvalue weighted by molar-refractivity contribution is -0.122. The molecule has 0 aliphatic carbocycles. The van der Waals surface area contributed by atoms with Gasteiger partial charge in [0.1, 0.15) is 12.3 Å². The zero-order valence-corrected chi connectivity index (χ0v) is 16.6. The van der Waals surface area contributed by atoms with E-state index in [0.29, 0.717) is 16.7 Å². The molecule has 1 aliphatic heterocycles. The van der Waals surface area contributed by atoms with Crippen molar-refractivity contribution in [2.24, 2.45) is 0 Å². The van der Waals surface area contributed by atoms with Gasteiger partial charge in [-0.3, -0.25) is 9.69 Å². The van der Waals surface area contributed by atoms with Gasteiger partial charge in [0.15, 0.2) is 5.75 Å². The summed E-state index contributed by atoms with van der Waals surface area (Å²) in [6.07, 6.45) is 2.95. The molecule has 0 aromatic heterocycles. The molecule has 146 valence electrons. The van der Waals surface area contributed by atoms with E-state index in [2.05, 4.69) is 18.0 Å². The molecule has 0 saturated carbocycles. The Hall–Kier alpha value is -3.27. The highest BCUT2D eigenvalue weighted by Gasteiger charge is 2.32. The third kappa shape index (κ3) is 4.43. The Morgan fingerprint density at radius 1 is 1.21 bits per heavy atom. The van der Waals surface area contributed by atoms with E-state index in [1.807, 2.05) is 0 Å². The summed E-state index contributed by atoms with van der Waals surface area (Å²) in [4.78, 5) is 25.2. The zero-order valence-electron chi connectivity index (χ0n) is 15.1. The molecule has 0 radical (unpaired) electrons. The van der Waals surface area contributed by atoms with Crippen LogP contribution >= 0.6 is 23.2 Å². The predicted octanol–water partition coefficient (Wildman–Crippen LogP) is 4.52. The molecule has 1 fully saturated rings. The van der Waals surface area contributed by atoms with Gasteiger partial charge in [0.25, 0.3) is 5.91 Å². The van der Waals surface area contributed by atoms with Gasteiger partial charge in [-0.25, -0.2) is 4.79 Å². The molecule has 0 unspecified atom stereocenters. The number of rotatable bonds is 6. The maximum Gasteiger partial charge on any atom is 0.329 e. The summed E-state index contributed by atoms with van der Waals surface area (Å²) in [6.45, 7) is 3.76. The van der Waals surface area contributed by atoms with E-state index in [9.17, 15) is 9.59 Å². The molecule has 1 aliphatic rings. The van der Waals surface area contributed by atoms with E-state index >= 15 is 0 Å². The van der Waals surface area contributed by atoms with E-state index in [1.54, 1.807) is 36.4 Å². The van der Waals surface area contributed by atoms with Gasteiger partial charge >= 0.3 is 6.03 Å². The van der Waals surface area contributed by atoms with Crippen LogP contribution in [0.25, 0.3) is 6.08 Å². The topological polar surface area (TPSA) is 82.4 Å². The van der Waals surface area contributed by atoms with Crippen molar-refractivity contribution >= 4 is 41.2 Å². The fraction of sp³-hybridized carbons (Fsp3) is 0.0952. The second-order valence-electron chi connectivity index (χ2n) is 6.06. The Morgan fingerprint density at radius 3 is 2.55 bits per heavy atom. The number of hydrogen-bond acceptors (Lipinski definition) is 4. The lowest BCUT2D eigenvalue weighted by Gasteiger charge is -2.12. The third-order valence-electron chi connectivity index (χ3n) is 4.12. The first-order valence-electron chi connectivity index (χ1n) is 8.50. The number of imide groups is 1. The van der Waals surface area contributed by atoms with Gasteiger partial charge in [0, 0.05) is 12.1 Å². The number of nitrogens with zero attached hydrogens (tertiary/aromatic N) is 2. The van der Waals surface area contributed by atoms with Crippen molar-refractivity contribution in [3.05, 3.63) is 81.5 Å². The summed E-state index contributed by atoms with van der Waals surface area (Å²) in [7, 11) is 0. The zero-order chi connectivity index (χ0) is 21.0. The van der Waals surface area contributed by atoms with Gasteiger partial charge in [-0.15, -0.1) is 6.58 Å². The first kappa shape index (κ1) is 20.5. The quantitative estimate of drug-likeness (QED) is 0.417. The van der Waals surface area contributed by atoms with Crippen LogP contribution in [0.15, 0.2) is 54.8 Å². The normalized spacial score (nSPS) is 14.7. The second kappa shape index (κ2) is 8.82. The van der Waals surface area contributed by atoms with Gasteiger partial charge in [-0.1, -0.05) is 47.5 Å². The summed E-state index contributed by atoms with van der Waals surface area (Å²) in [5, 5.41) is 12.1. The Kier molecular flexibility index (Phi) is 6.23. The number of benzene rings is 2. The molecule has 1 saturated heterocycles. The average Bonchev–Trinajstić information content (AvgIpc) is 2.95. The maximum atomic E-state index is 12.3. The van der Waals surface area contributed by atoms with Crippen molar-refractivity contribution in [3.8, 4) is 11.8 Å². The third-order valence-corrected chi connectivity index (χ3v) is 4.68. The lowest BCUT2D eigenvalue weighted by Crippen LogP contribution is -2.30. The minimum atomic E-state index is -0.519. The monoisotopic (exact) mass is 427 g/mol. The molecule has 3 amide bonds. The molecule has 3 rings (SSSR count). The number of hydrogen-bond donors (Lipinski definition) is 1. The smallest absolute Gasteiger partial charge is 0.329 e. The number of halogens is 2. The SMILES string of the molecule is C=CCN1C(=O)N/C(=C/c2cc(Cl)c(OCc3ccccc3C#N)c(Cl)c2)C1=O. The number of nitrogens with one attached hydrogen (secondary N) is 1. The van der Waals surface area contributed by atoms with Crippen LogP contribution < -0.4 is 10.1 Å². The standard InChI is InChI=1S/C21H15Cl2N3O3/c1-2-7-26-20(27)18(25-21(26)28)10-13-8-16(22)19(17(23)9-13)29-12-15-6-4-3-5-14(15)11-24/h2-6,8-10H,1,7,12H2,(H,25,28)/b18-10+. The number of urea groups is 1. The van der Waals surface area contributed by atoms with Crippen LogP contribution in [0.3, 0.4) is 0 Å². The van der Waals surface area contributed by atoms with Crippen molar-refractivity contribution in [1.82, 2.24) is 10.2 Å². The molecule has 1 N–H and O–H groups in total. The first-order chi connectivity index (χ1) is 13.9. The highest BCUT2D eigenvalue weighted by Crippen LogP contribution is 2.35. The maximum absolute atomic E-state index is 12.3. The van der Waals surface area contributed by atoms with Crippen LogP contribution in [0.2, 0.25) is 10.0 Å². The van der Waals surface area contributed by atoms with Gasteiger partial charge in [0.2, 0.25) is 0 Å². The highest BCUT2D eigenvalue weighted by atomic mass is 35.5. The molecule has 0 atom stereocenters. The number of ether oxygens (including phenoxy) is 1. The molecular weight excluding hydrogens is 413 g/mol. The van der Waals surface area contributed by atoms with Gasteiger partial charge in [0.05, 0.1) is 21.7 Å². The van der Waals surface area contributed by atoms with Gasteiger partial charge in [-0.2, -0.15) is 5.26 Å². The predicted molar refractivity (Wildman–Crippen MR) is 110 cm³/mol. The fourth-order valence-corrected chi connectivity index (χ4v) is 3.35. The Labute approximate surface area is 177 Å². The Balaban J connectivity index is 1.81. The van der Waals surface area contributed by atoms with Crippen molar-refractivity contribution in [3.63, 3.8) is 0 Å². The molecule has 8 heteroatoms. The fourth-order valence-electron chi connectivity index (χ4n) is 2.74. The van der Waals surface area contributed by atoms with Crippen LogP contribution in [0.5, 0.6) is 5.75 Å². The molecule has 6 nitrogen and oxygen atoms in total. The largest absolute Gasteiger partial charge is 0.486 e. The first-order valence-corrected chi connectivity index (χ1v) is 9.25. The van der Waals surface area contributed by atoms with Crippen LogP contribution in [0.4, 0.5) is 4.79 Å². The van der Waals surface area contributed by atoms with Crippen LogP contribution in [0.1, 0.15) is 16.7 Å². The molecule has 0 spiro atoms.